The summed E-state index contributed by atoms with van der Waals surface area (Å²) in [5, 5.41) is 5.47. The van der Waals surface area contributed by atoms with Crippen molar-refractivity contribution >= 4 is 38.8 Å². The van der Waals surface area contributed by atoms with Crippen LogP contribution in [0.4, 0.5) is 0 Å². The molecule has 4 heteroatoms. The minimum absolute atomic E-state index is 0.540. The Morgan fingerprint density at radius 2 is 1.35 bits per heavy atom. The summed E-state index contributed by atoms with van der Waals surface area (Å²) in [6, 6.07) is 36.9. The molecule has 2 N–H and O–H groups in total. The van der Waals surface area contributed by atoms with Gasteiger partial charge in [0.1, 0.15) is 0 Å². The number of hydrogen-bond donors (Lipinski definition) is 1. The van der Waals surface area contributed by atoms with Crippen molar-refractivity contribution < 1.29 is 0 Å². The maximum absolute atomic E-state index is 5.84. The number of rotatable bonds is 7. The van der Waals surface area contributed by atoms with E-state index in [9.17, 15) is 0 Å². The first-order chi connectivity index (χ1) is 24.1. The van der Waals surface area contributed by atoms with Crippen LogP contribution in [0.5, 0.6) is 0 Å². The second-order valence-corrected chi connectivity index (χ2v) is 12.5. The lowest BCUT2D eigenvalue weighted by Gasteiger charge is -2.22. The number of fused-ring (bicyclic) bond motifs is 6. The molecule has 1 aliphatic rings. The molecule has 7 rings (SSSR count). The van der Waals surface area contributed by atoms with E-state index >= 15 is 0 Å². The van der Waals surface area contributed by atoms with Crippen molar-refractivity contribution in [1.29, 1.82) is 0 Å². The molecule has 0 atom stereocenters. The molecule has 6 aromatic rings. The second-order valence-electron chi connectivity index (χ2n) is 12.5. The molecule has 0 amide bonds. The van der Waals surface area contributed by atoms with Gasteiger partial charge < -0.3 is 5.73 Å². The molecule has 4 nitrogen and oxygen atoms in total. The van der Waals surface area contributed by atoms with Gasteiger partial charge in [0.05, 0.1) is 5.70 Å². The molecule has 0 saturated carbocycles. The molecule has 5 aromatic carbocycles. The van der Waals surface area contributed by atoms with Gasteiger partial charge >= 0.3 is 0 Å². The fraction of sp³-hybridized carbons (Fsp3) is 0.133. The summed E-state index contributed by atoms with van der Waals surface area (Å²) < 4.78 is 0. The minimum atomic E-state index is 0.540. The van der Waals surface area contributed by atoms with E-state index in [1.165, 1.54) is 62.8 Å². The van der Waals surface area contributed by atoms with Gasteiger partial charge in [-0.15, -0.1) is 0 Å². The number of aromatic nitrogens is 1. The molecule has 0 spiro atoms. The Labute approximate surface area is 288 Å². The first kappa shape index (κ1) is 31.7. The van der Waals surface area contributed by atoms with Crippen LogP contribution < -0.4 is 5.73 Å². The molecule has 0 saturated heterocycles. The highest BCUT2D eigenvalue weighted by atomic mass is 14.9. The summed E-state index contributed by atoms with van der Waals surface area (Å²) in [6.45, 7) is 8.41. The standard InChI is InChI=1S/C45H40N4/c1-4-32(23-26-46)45(48-30(2)33-24-27-47-28-25-33)49-31(3)35-13-5-7-15-37(35)38-16-8-6-14-36(38)34-21-22-43-41-19-10-9-17-39(41)40-18-11-12-20-42(40)44(43)29-34/h4-10,13-17,19,21-29H,3,11-12,18,20,46H2,1-2H3/b26-23-,32-4+,48-30?,49-45?. The monoisotopic (exact) mass is 636 g/mol. The third kappa shape index (κ3) is 6.26. The normalized spacial score (nSPS) is 14.0. The Hall–Kier alpha value is -5.87. The molecule has 0 unspecified atom stereocenters. The summed E-state index contributed by atoms with van der Waals surface area (Å²) in [7, 11) is 0. The number of hydrogen-bond acceptors (Lipinski definition) is 3. The number of amidine groups is 1. The first-order valence-corrected chi connectivity index (χ1v) is 17.0. The van der Waals surface area contributed by atoms with Crippen molar-refractivity contribution in [1.82, 2.24) is 4.98 Å². The van der Waals surface area contributed by atoms with Crippen LogP contribution in [0.25, 0.3) is 49.5 Å². The zero-order chi connectivity index (χ0) is 33.7. The summed E-state index contributed by atoms with van der Waals surface area (Å²) in [6.07, 6.45) is 13.6. The molecule has 49 heavy (non-hydrogen) atoms. The Morgan fingerprint density at radius 3 is 2.08 bits per heavy atom. The van der Waals surface area contributed by atoms with Crippen LogP contribution in [0, 0.1) is 0 Å². The van der Waals surface area contributed by atoms with Crippen molar-refractivity contribution in [2.75, 3.05) is 0 Å². The molecule has 0 aliphatic heterocycles. The zero-order valence-electron chi connectivity index (χ0n) is 28.2. The highest BCUT2D eigenvalue weighted by Gasteiger charge is 2.19. The van der Waals surface area contributed by atoms with E-state index in [0.29, 0.717) is 11.5 Å². The highest BCUT2D eigenvalue weighted by Crippen LogP contribution is 2.41. The van der Waals surface area contributed by atoms with E-state index in [1.807, 2.05) is 44.2 Å². The van der Waals surface area contributed by atoms with Crippen molar-refractivity contribution in [3.05, 3.63) is 168 Å². The van der Waals surface area contributed by atoms with Gasteiger partial charge in [-0.2, -0.15) is 0 Å². The average Bonchev–Trinajstić information content (AvgIpc) is 3.17. The average molecular weight is 637 g/mol. The van der Waals surface area contributed by atoms with Crippen LogP contribution >= 0.6 is 0 Å². The second kappa shape index (κ2) is 14.1. The molecular weight excluding hydrogens is 597 g/mol. The summed E-state index contributed by atoms with van der Waals surface area (Å²) in [5.41, 5.74) is 17.6. The van der Waals surface area contributed by atoms with Crippen LogP contribution in [0.15, 0.2) is 156 Å². The topological polar surface area (TPSA) is 63.6 Å². The lowest BCUT2D eigenvalue weighted by molar-refractivity contribution is 0.694. The van der Waals surface area contributed by atoms with Gasteiger partial charge in [-0.05, 0) is 130 Å². The lowest BCUT2D eigenvalue weighted by Crippen LogP contribution is -2.05. The Morgan fingerprint density at radius 1 is 0.714 bits per heavy atom. The van der Waals surface area contributed by atoms with E-state index in [2.05, 4.69) is 96.5 Å². The number of allylic oxidation sites excluding steroid dienone is 1. The maximum Gasteiger partial charge on any atom is 0.159 e. The van der Waals surface area contributed by atoms with E-state index in [-0.39, 0.29) is 0 Å². The number of nitrogens with zero attached hydrogens (tertiary/aromatic N) is 3. The van der Waals surface area contributed by atoms with E-state index in [4.69, 9.17) is 15.7 Å². The largest absolute Gasteiger partial charge is 0.405 e. The molecule has 1 aliphatic carbocycles. The number of pyridine rings is 1. The van der Waals surface area contributed by atoms with Gasteiger partial charge in [0.15, 0.2) is 5.84 Å². The minimum Gasteiger partial charge on any atom is -0.405 e. The SMILES string of the molecule is C=C(N=C(N=C(C)c1ccncc1)C(/C=C\N)=C/C)c1ccccc1-c1ccccc1-c1ccc2c(c1)c1c(c3ccccc32)CCCC1. The summed E-state index contributed by atoms with van der Waals surface area (Å²) in [5.74, 6) is 0.540. The first-order valence-electron chi connectivity index (χ1n) is 17.0. The Balaban J connectivity index is 1.35. The predicted octanol–water partition coefficient (Wildman–Crippen LogP) is 10.9. The van der Waals surface area contributed by atoms with Crippen molar-refractivity contribution in [3.63, 3.8) is 0 Å². The lowest BCUT2D eigenvalue weighted by atomic mass is 9.82. The van der Waals surface area contributed by atoms with E-state index in [0.717, 1.165) is 46.4 Å². The quantitative estimate of drug-likeness (QED) is 0.0820. The van der Waals surface area contributed by atoms with Gasteiger partial charge in [-0.3, -0.25) is 4.98 Å². The van der Waals surface area contributed by atoms with Crippen LogP contribution in [0.3, 0.4) is 0 Å². The fourth-order valence-corrected chi connectivity index (χ4v) is 7.18. The highest BCUT2D eigenvalue weighted by molar-refractivity contribution is 6.14. The van der Waals surface area contributed by atoms with E-state index < -0.39 is 0 Å². The van der Waals surface area contributed by atoms with Gasteiger partial charge in [0.25, 0.3) is 0 Å². The predicted molar refractivity (Wildman–Crippen MR) is 209 cm³/mol. The van der Waals surface area contributed by atoms with E-state index in [1.54, 1.807) is 12.4 Å². The van der Waals surface area contributed by atoms with Gasteiger partial charge in [0, 0.05) is 29.2 Å². The van der Waals surface area contributed by atoms with Gasteiger partial charge in [0.2, 0.25) is 0 Å². The van der Waals surface area contributed by atoms with Crippen molar-refractivity contribution in [2.45, 2.75) is 39.5 Å². The smallest absolute Gasteiger partial charge is 0.159 e. The van der Waals surface area contributed by atoms with Crippen molar-refractivity contribution in [2.24, 2.45) is 15.7 Å². The Bertz CT molecular complexity index is 2320. The molecule has 240 valence electrons. The number of benzene rings is 5. The molecule has 0 bridgehead atoms. The zero-order valence-corrected chi connectivity index (χ0v) is 28.2. The fourth-order valence-electron chi connectivity index (χ4n) is 7.18. The third-order valence-corrected chi connectivity index (χ3v) is 9.58. The van der Waals surface area contributed by atoms with Crippen LogP contribution in [0.2, 0.25) is 0 Å². The van der Waals surface area contributed by atoms with Crippen LogP contribution in [-0.2, 0) is 12.8 Å². The van der Waals surface area contributed by atoms with Crippen LogP contribution in [-0.4, -0.2) is 16.5 Å². The van der Waals surface area contributed by atoms with Gasteiger partial charge in [-0.25, -0.2) is 9.98 Å². The number of nitrogens with two attached hydrogens (primary N) is 1. The molecule has 1 heterocycles. The molecular formula is C45H40N4. The van der Waals surface area contributed by atoms with Crippen molar-refractivity contribution in [3.8, 4) is 22.3 Å². The number of aryl methyl sites for hydroxylation is 2. The summed E-state index contributed by atoms with van der Waals surface area (Å²) in [4.78, 5) is 14.2. The van der Waals surface area contributed by atoms with Crippen LogP contribution in [0.1, 0.15) is 48.9 Å². The molecule has 1 aromatic heterocycles. The van der Waals surface area contributed by atoms with Gasteiger partial charge in [-0.1, -0.05) is 97.6 Å². The summed E-state index contributed by atoms with van der Waals surface area (Å²) >= 11 is 0. The Kier molecular flexibility index (Phi) is 9.12. The molecule has 0 radical (unpaired) electrons. The third-order valence-electron chi connectivity index (χ3n) is 9.58. The maximum atomic E-state index is 5.84. The molecule has 0 fully saturated rings. The number of aliphatic imine (C=N–C) groups is 2.